The van der Waals surface area contributed by atoms with Gasteiger partial charge in [0.25, 0.3) is 11.8 Å². The second kappa shape index (κ2) is 10.4. The molecule has 0 radical (unpaired) electrons. The molecule has 27 heavy (non-hydrogen) atoms. The lowest BCUT2D eigenvalue weighted by atomic mass is 10.2. The molecule has 0 N–H and O–H groups in total. The first-order valence-electron chi connectivity index (χ1n) is 9.47. The Bertz CT molecular complexity index is 743. The summed E-state index contributed by atoms with van der Waals surface area (Å²) < 4.78 is 0. The van der Waals surface area contributed by atoms with Crippen molar-refractivity contribution < 1.29 is 9.59 Å². The monoisotopic (exact) mass is 368 g/mol. The van der Waals surface area contributed by atoms with E-state index in [1.54, 1.807) is 47.4 Å². The van der Waals surface area contributed by atoms with E-state index in [0.717, 1.165) is 24.8 Å². The van der Waals surface area contributed by atoms with Crippen LogP contribution in [-0.4, -0.2) is 58.3 Å². The van der Waals surface area contributed by atoms with E-state index >= 15 is 0 Å². The average Bonchev–Trinajstić information content (AvgIpc) is 2.71. The maximum Gasteiger partial charge on any atom is 0.272 e. The summed E-state index contributed by atoms with van der Waals surface area (Å²) in [5.41, 5.74) is 1.74. The van der Waals surface area contributed by atoms with Gasteiger partial charge >= 0.3 is 0 Å². The predicted molar refractivity (Wildman–Crippen MR) is 106 cm³/mol. The molecular formula is C21H28N4O2. The van der Waals surface area contributed by atoms with Crippen molar-refractivity contribution in [3.8, 4) is 0 Å². The molecule has 2 amide bonds. The van der Waals surface area contributed by atoms with Gasteiger partial charge in [0.05, 0.1) is 0 Å². The minimum atomic E-state index is -0.184. The van der Waals surface area contributed by atoms with E-state index in [2.05, 4.69) is 9.97 Å². The van der Waals surface area contributed by atoms with Crippen LogP contribution in [-0.2, 0) is 6.42 Å². The molecule has 0 fully saturated rings. The minimum absolute atomic E-state index is 0.118. The highest BCUT2D eigenvalue weighted by atomic mass is 16.2. The number of rotatable bonds is 9. The van der Waals surface area contributed by atoms with Crippen LogP contribution in [0, 0.1) is 0 Å². The molecule has 2 aromatic heterocycles. The van der Waals surface area contributed by atoms with E-state index in [1.165, 1.54) is 0 Å². The number of carbonyl (C=O) groups excluding carboxylic acids is 2. The lowest BCUT2D eigenvalue weighted by Gasteiger charge is -2.21. The standard InChI is InChI=1S/C21H28N4O2/c1-4-14-25(15-5-2)21(27)19-8-6-7-18(23-19)20(26)24(3)16-11-17-9-12-22-13-10-17/h6-10,12-13H,4-5,11,14-16H2,1-3H3. The smallest absolute Gasteiger partial charge is 0.272 e. The molecule has 6 heteroatoms. The molecule has 0 aliphatic carbocycles. The maximum atomic E-state index is 12.7. The molecule has 2 aromatic rings. The second-order valence-corrected chi connectivity index (χ2v) is 6.53. The summed E-state index contributed by atoms with van der Waals surface area (Å²) in [6, 6.07) is 8.93. The first kappa shape index (κ1) is 20.6. The predicted octanol–water partition coefficient (Wildman–Crippen LogP) is 3.05. The first-order chi connectivity index (χ1) is 13.1. The number of carbonyl (C=O) groups is 2. The van der Waals surface area contributed by atoms with Gasteiger partial charge < -0.3 is 9.80 Å². The zero-order valence-corrected chi connectivity index (χ0v) is 16.4. The Morgan fingerprint density at radius 1 is 0.889 bits per heavy atom. The van der Waals surface area contributed by atoms with Crippen molar-refractivity contribution in [3.05, 3.63) is 59.7 Å². The quantitative estimate of drug-likeness (QED) is 0.682. The van der Waals surface area contributed by atoms with Crippen LogP contribution in [0.2, 0.25) is 0 Å². The maximum absolute atomic E-state index is 12.7. The van der Waals surface area contributed by atoms with Gasteiger partial charge in [-0.25, -0.2) is 4.98 Å². The third-order valence-corrected chi connectivity index (χ3v) is 4.29. The molecule has 0 spiro atoms. The van der Waals surface area contributed by atoms with Gasteiger partial charge in [0.1, 0.15) is 11.4 Å². The number of aromatic nitrogens is 2. The molecule has 0 unspecified atom stereocenters. The fourth-order valence-corrected chi connectivity index (χ4v) is 2.83. The van der Waals surface area contributed by atoms with Crippen LogP contribution in [0.25, 0.3) is 0 Å². The number of hydrogen-bond acceptors (Lipinski definition) is 4. The lowest BCUT2D eigenvalue weighted by molar-refractivity contribution is 0.0748. The van der Waals surface area contributed by atoms with Crippen molar-refractivity contribution in [1.29, 1.82) is 0 Å². The topological polar surface area (TPSA) is 66.4 Å². The minimum Gasteiger partial charge on any atom is -0.340 e. The zero-order valence-electron chi connectivity index (χ0n) is 16.4. The molecule has 0 aliphatic rings. The fraction of sp³-hybridized carbons (Fsp3) is 0.429. The van der Waals surface area contributed by atoms with Crippen molar-refractivity contribution in [1.82, 2.24) is 19.8 Å². The van der Waals surface area contributed by atoms with Crippen LogP contribution >= 0.6 is 0 Å². The summed E-state index contributed by atoms with van der Waals surface area (Å²) in [7, 11) is 1.75. The Balaban J connectivity index is 2.06. The Hall–Kier alpha value is -2.76. The molecule has 0 saturated carbocycles. The first-order valence-corrected chi connectivity index (χ1v) is 9.47. The van der Waals surface area contributed by atoms with Crippen molar-refractivity contribution in [2.24, 2.45) is 0 Å². The van der Waals surface area contributed by atoms with Gasteiger partial charge in [-0.15, -0.1) is 0 Å². The fourth-order valence-electron chi connectivity index (χ4n) is 2.83. The van der Waals surface area contributed by atoms with Gasteiger partial charge in [-0.3, -0.25) is 14.6 Å². The molecule has 144 valence electrons. The SMILES string of the molecule is CCCN(CCC)C(=O)c1cccc(C(=O)N(C)CCc2ccncc2)n1. The molecule has 2 heterocycles. The van der Waals surface area contributed by atoms with Gasteiger partial charge in [-0.05, 0) is 49.1 Å². The molecule has 0 aliphatic heterocycles. The Labute approximate surface area is 161 Å². The number of pyridine rings is 2. The van der Waals surface area contributed by atoms with Crippen LogP contribution in [0.1, 0.15) is 53.2 Å². The lowest BCUT2D eigenvalue weighted by Crippen LogP contribution is -2.34. The average molecular weight is 368 g/mol. The second-order valence-electron chi connectivity index (χ2n) is 6.53. The number of amides is 2. The van der Waals surface area contributed by atoms with E-state index in [-0.39, 0.29) is 11.8 Å². The summed E-state index contributed by atoms with van der Waals surface area (Å²) in [6.45, 7) is 6.04. The van der Waals surface area contributed by atoms with Gasteiger partial charge in [0.15, 0.2) is 0 Å². The van der Waals surface area contributed by atoms with Crippen LogP contribution in [0.5, 0.6) is 0 Å². The summed E-state index contributed by atoms with van der Waals surface area (Å²) in [5.74, 6) is -0.302. The molecule has 0 bridgehead atoms. The third-order valence-electron chi connectivity index (χ3n) is 4.29. The Morgan fingerprint density at radius 2 is 1.48 bits per heavy atom. The molecule has 2 rings (SSSR count). The van der Waals surface area contributed by atoms with E-state index < -0.39 is 0 Å². The largest absolute Gasteiger partial charge is 0.340 e. The van der Waals surface area contributed by atoms with Crippen LogP contribution in [0.4, 0.5) is 0 Å². The van der Waals surface area contributed by atoms with Gasteiger partial charge in [-0.1, -0.05) is 19.9 Å². The van der Waals surface area contributed by atoms with Gasteiger partial charge in [0, 0.05) is 39.1 Å². The van der Waals surface area contributed by atoms with E-state index in [9.17, 15) is 9.59 Å². The van der Waals surface area contributed by atoms with Crippen LogP contribution in [0.3, 0.4) is 0 Å². The van der Waals surface area contributed by atoms with Crippen LogP contribution < -0.4 is 0 Å². The van der Waals surface area contributed by atoms with Gasteiger partial charge in [0.2, 0.25) is 0 Å². The van der Waals surface area contributed by atoms with Crippen molar-refractivity contribution in [2.45, 2.75) is 33.1 Å². The van der Waals surface area contributed by atoms with E-state index in [4.69, 9.17) is 0 Å². The molecule has 0 aromatic carbocycles. The third kappa shape index (κ3) is 5.88. The van der Waals surface area contributed by atoms with Crippen molar-refractivity contribution >= 4 is 11.8 Å². The summed E-state index contributed by atoms with van der Waals surface area (Å²) in [6.07, 6.45) is 6.01. The molecule has 0 atom stereocenters. The molecular weight excluding hydrogens is 340 g/mol. The highest BCUT2D eigenvalue weighted by Crippen LogP contribution is 2.08. The summed E-state index contributed by atoms with van der Waals surface area (Å²) in [4.78, 5) is 37.2. The summed E-state index contributed by atoms with van der Waals surface area (Å²) >= 11 is 0. The molecule has 6 nitrogen and oxygen atoms in total. The van der Waals surface area contributed by atoms with Gasteiger partial charge in [-0.2, -0.15) is 0 Å². The van der Waals surface area contributed by atoms with Crippen LogP contribution in [0.15, 0.2) is 42.7 Å². The highest BCUT2D eigenvalue weighted by molar-refractivity contribution is 5.96. The number of likely N-dealkylation sites (N-methyl/N-ethyl adjacent to an activating group) is 1. The van der Waals surface area contributed by atoms with Crippen molar-refractivity contribution in [3.63, 3.8) is 0 Å². The Kier molecular flexibility index (Phi) is 7.92. The number of hydrogen-bond donors (Lipinski definition) is 0. The Morgan fingerprint density at radius 3 is 2.07 bits per heavy atom. The molecule has 0 saturated heterocycles. The normalized spacial score (nSPS) is 10.5. The summed E-state index contributed by atoms with van der Waals surface area (Å²) in [5, 5.41) is 0. The highest BCUT2D eigenvalue weighted by Gasteiger charge is 2.19. The number of nitrogens with zero attached hydrogens (tertiary/aromatic N) is 4. The zero-order chi connectivity index (χ0) is 19.6. The van der Waals surface area contributed by atoms with E-state index in [0.29, 0.717) is 31.0 Å². The van der Waals surface area contributed by atoms with E-state index in [1.807, 2.05) is 26.0 Å². The van der Waals surface area contributed by atoms with Crippen molar-refractivity contribution in [2.75, 3.05) is 26.7 Å².